The number of aliphatic hydroxyl groups is 16. The minimum atomic E-state index is -2.05. The lowest BCUT2D eigenvalue weighted by Crippen LogP contribution is -2.66. The molecule has 4 heterocycles. The molecule has 121 heavy (non-hydrogen) atoms. The van der Waals surface area contributed by atoms with Gasteiger partial charge in [0.2, 0.25) is 43.4 Å². The van der Waals surface area contributed by atoms with Crippen LogP contribution in [0.15, 0.2) is 0 Å². The van der Waals surface area contributed by atoms with Gasteiger partial charge in [-0.1, -0.05) is 49.9 Å². The molecule has 0 aliphatic carbocycles. The summed E-state index contributed by atoms with van der Waals surface area (Å²) in [7, 11) is -2.05. The van der Waals surface area contributed by atoms with Crippen LogP contribution in [-0.4, -0.2) is 395 Å². The van der Waals surface area contributed by atoms with Crippen LogP contribution in [0.25, 0.3) is 0 Å². The van der Waals surface area contributed by atoms with Gasteiger partial charge in [-0.05, 0) is 146 Å². The molecule has 0 radical (unpaired) electrons. The highest BCUT2D eigenvalue weighted by atomic mass is 32.2. The molecule has 4 saturated heterocycles. The predicted molar refractivity (Wildman–Crippen MR) is 468 cm³/mol. The van der Waals surface area contributed by atoms with E-state index in [9.17, 15) is 140 Å². The fourth-order valence-electron chi connectivity index (χ4n) is 15.3. The van der Waals surface area contributed by atoms with Crippen LogP contribution in [0.3, 0.4) is 0 Å². The first-order valence-electron chi connectivity index (χ1n) is 41.5. The van der Waals surface area contributed by atoms with E-state index in [1.807, 2.05) is 47.0 Å². The first kappa shape index (κ1) is 111. The molecule has 0 unspecified atom stereocenters. The topological polar surface area (TPSA) is 626 Å². The van der Waals surface area contributed by atoms with E-state index in [0.717, 1.165) is 194 Å². The zero-order chi connectivity index (χ0) is 90.3. The minimum absolute atomic E-state index is 0.309. The Morgan fingerprint density at radius 1 is 0.306 bits per heavy atom. The number of amides is 4. The Hall–Kier alpha value is -2.02. The van der Waals surface area contributed by atoms with Crippen LogP contribution in [0, 0.1) is 0 Å². The van der Waals surface area contributed by atoms with E-state index in [1.165, 1.54) is 27.7 Å². The summed E-state index contributed by atoms with van der Waals surface area (Å²) in [6.45, 7) is 1.12. The third-order valence-corrected chi connectivity index (χ3v) is 37.7. The lowest BCUT2D eigenvalue weighted by molar-refractivity contribution is -0.205. The molecule has 0 spiro atoms. The summed E-state index contributed by atoms with van der Waals surface area (Å²) in [6.07, 6.45) is -15.8. The van der Waals surface area contributed by atoms with E-state index >= 15 is 0 Å². The number of nitrogens with one attached hydrogen (secondary N) is 4. The summed E-state index contributed by atoms with van der Waals surface area (Å²) < 4.78 is 23.8. The van der Waals surface area contributed by atoms with Gasteiger partial charge in [0.25, 0.3) is 0 Å². The number of aliphatic carboxylic acids is 4. The lowest BCUT2D eigenvalue weighted by Gasteiger charge is -2.46. The second-order valence-corrected chi connectivity index (χ2v) is 46.8. The van der Waals surface area contributed by atoms with Crippen LogP contribution in [-0.2, 0) is 57.3 Å². The van der Waals surface area contributed by atoms with Gasteiger partial charge in [0.1, 0.15) is 73.2 Å². The average Bonchev–Trinajstić information content (AvgIpc) is 0.786. The van der Waals surface area contributed by atoms with Crippen molar-refractivity contribution in [3.05, 3.63) is 0 Å². The third kappa shape index (κ3) is 36.0. The number of hydrogen-bond acceptors (Lipinski definition) is 36. The minimum Gasteiger partial charge on any atom is -0.478 e. The van der Waals surface area contributed by atoms with Crippen molar-refractivity contribution < 1.29 is 159 Å². The Kier molecular flexibility index (Phi) is 52.6. The summed E-state index contributed by atoms with van der Waals surface area (Å²) in [5.41, 5.74) is 0. The standard InChI is InChI=1S/C76H136N4O32S8Si/c1-45(85)77-57-49(89)37-73(69(101)102,109-65(57)61(97)53(93)41-81)117-29-13-5-9-21-113-25-17-33-121(34-18-26-114-22-10-6-14-30-118-74(70(103)104)38-50(90)58(78-46(2)86)66(110-74)62(98)54(94)42-82,35-19-27-115-23-11-7-15-31-119-75(71(105)106)39-51(91)59(79-47(3)87)67(111-75)63(99)55(95)43-83)36-20-28-116-24-12-8-16-32-120-76(72(107)108)40-52(92)60(80-48(4)88)68(112-76)64(100)56(96)44-84/h49-68,81-84,89-100H,5-44H2,1-4H3,(H,77,85)(H,78,86)(H,79,87)(H,80,88)(H,101,102)(H,103,104)(H,105,106)(H,107,108)/t49-,50-,51-,52-,53-,54-,55-,56+,57+,58+,59+,60+,61-,62-,63-,64+,65+,66+,67+,68+,73+,74+,75+,76+/m0/s1. The number of thioether (sulfide) groups is 8. The van der Waals surface area contributed by atoms with Crippen LogP contribution >= 0.6 is 94.1 Å². The molecule has 0 aromatic carbocycles. The number of carboxylic acid groups (broad SMARTS) is 4. The summed E-state index contributed by atoms with van der Waals surface area (Å²) in [5.74, 6) is 0.162. The van der Waals surface area contributed by atoms with Crippen molar-refractivity contribution in [1.29, 1.82) is 0 Å². The van der Waals surface area contributed by atoms with Crippen molar-refractivity contribution in [3.63, 3.8) is 0 Å². The van der Waals surface area contributed by atoms with Crippen molar-refractivity contribution in [1.82, 2.24) is 21.3 Å². The number of unbranched alkanes of at least 4 members (excludes halogenated alkanes) is 8. The number of ether oxygens (including phenoxy) is 4. The molecular weight excluding hydrogens is 1770 g/mol. The normalized spacial score (nSPS) is 29.1. The monoisotopic (exact) mass is 1900 g/mol. The number of carbonyl (C=O) groups excluding carboxylic acids is 4. The number of hydrogen-bond donors (Lipinski definition) is 24. The fraction of sp³-hybridized carbons (Fsp3) is 0.895. The number of aliphatic hydroxyl groups excluding tert-OH is 16. The third-order valence-electron chi connectivity index (χ3n) is 21.8. The highest BCUT2D eigenvalue weighted by Gasteiger charge is 2.59. The summed E-state index contributed by atoms with van der Waals surface area (Å²) in [5, 5.41) is 219. The van der Waals surface area contributed by atoms with Crippen molar-refractivity contribution in [3.8, 4) is 0 Å². The summed E-state index contributed by atoms with van der Waals surface area (Å²) >= 11 is 11.2. The summed E-state index contributed by atoms with van der Waals surface area (Å²) in [4.78, 5) is 91.5. The van der Waals surface area contributed by atoms with Crippen molar-refractivity contribution >= 4 is 150 Å². The van der Waals surface area contributed by atoms with Crippen LogP contribution < -0.4 is 21.3 Å². The Morgan fingerprint density at radius 2 is 0.479 bits per heavy atom. The molecule has 36 nitrogen and oxygen atoms in total. The Labute approximate surface area is 742 Å². The maximum atomic E-state index is 12.8. The Balaban J connectivity index is 1.46. The van der Waals surface area contributed by atoms with E-state index in [0.29, 0.717) is 48.7 Å². The molecule has 0 saturated carbocycles. The Bertz CT molecular complexity index is 2700. The van der Waals surface area contributed by atoms with Crippen LogP contribution in [0.2, 0.25) is 24.2 Å². The SMILES string of the molecule is CC(=O)N[C@H]1[C@H]([C@@H](O)[C@@H](O)CO)O[C@](SCCCCCSCCC[Si](CCCSCCCCCS[C@@]2(C(=O)O)C[C@H](O)[C@@H](NC(C)=O)[C@H]([C@@H](O)[C@@H](O)CO)O2)(CCCSCCCCCS[C@@]2(C(=O)O)C[C@H](O)[C@@H](NC(C)=O)[C@H]([C@@H](O)[C@@H](O)CO)O2)CCCSCCCCCS[C@@]2(C(=O)O)C[C@H](O)[C@@H](NC(C)=O)[C@H]([C@H](O)[C@H](O)CO)O2)(C(=O)O)C[C@@H]1O. The van der Waals surface area contributed by atoms with Crippen LogP contribution in [0.5, 0.6) is 0 Å². The number of carbonyl (C=O) groups is 8. The van der Waals surface area contributed by atoms with E-state index in [1.54, 1.807) is 0 Å². The maximum absolute atomic E-state index is 12.8. The van der Waals surface area contributed by atoms with Gasteiger partial charge in [0.05, 0.1) is 83.1 Å². The van der Waals surface area contributed by atoms with Crippen LogP contribution in [0.4, 0.5) is 0 Å². The number of rotatable bonds is 64. The van der Waals surface area contributed by atoms with E-state index < -0.39 is 249 Å². The average molecular weight is 1900 g/mol. The number of carboxylic acids is 4. The second kappa shape index (κ2) is 57.2. The molecule has 4 aliphatic heterocycles. The molecule has 24 atom stereocenters. The molecular formula is C76H136N4O32S8Si. The van der Waals surface area contributed by atoms with Crippen molar-refractivity contribution in [2.45, 2.75) is 322 Å². The largest absolute Gasteiger partial charge is 0.478 e. The van der Waals surface area contributed by atoms with E-state index in [-0.39, 0.29) is 0 Å². The molecule has 4 aliphatic rings. The zero-order valence-electron chi connectivity index (χ0n) is 69.4. The molecule has 24 N–H and O–H groups in total. The first-order chi connectivity index (χ1) is 57.3. The highest BCUT2D eigenvalue weighted by molar-refractivity contribution is 8.02. The Morgan fingerprint density at radius 3 is 0.645 bits per heavy atom. The van der Waals surface area contributed by atoms with Gasteiger partial charge in [-0.25, -0.2) is 19.2 Å². The van der Waals surface area contributed by atoms with Gasteiger partial charge >= 0.3 is 23.9 Å². The lowest BCUT2D eigenvalue weighted by atomic mass is 9.90. The van der Waals surface area contributed by atoms with Gasteiger partial charge in [-0.2, -0.15) is 47.0 Å². The molecule has 0 bridgehead atoms. The smallest absolute Gasteiger partial charge is 0.346 e. The van der Waals surface area contributed by atoms with Gasteiger partial charge in [-0.3, -0.25) is 19.2 Å². The van der Waals surface area contributed by atoms with Crippen LogP contribution in [0.1, 0.15) is 156 Å². The van der Waals surface area contributed by atoms with Gasteiger partial charge in [0, 0.05) is 53.4 Å². The van der Waals surface area contributed by atoms with Gasteiger partial charge in [0.15, 0.2) is 0 Å². The molecule has 45 heteroatoms. The maximum Gasteiger partial charge on any atom is 0.346 e. The van der Waals surface area contributed by atoms with E-state index in [2.05, 4.69) is 21.3 Å². The highest BCUT2D eigenvalue weighted by Crippen LogP contribution is 2.46. The second-order valence-electron chi connectivity index (χ2n) is 31.5. The molecule has 0 aromatic rings. The van der Waals surface area contributed by atoms with Gasteiger partial charge in [-0.15, -0.1) is 47.0 Å². The first-order valence-corrected chi connectivity index (χ1v) is 52.9. The predicted octanol–water partition coefficient (Wildman–Crippen LogP) is 0.140. The van der Waals surface area contributed by atoms with Crippen molar-refractivity contribution in [2.24, 2.45) is 0 Å². The van der Waals surface area contributed by atoms with Crippen molar-refractivity contribution in [2.75, 3.05) is 95.5 Å². The fourth-order valence-corrected chi connectivity index (χ4v) is 30.5. The zero-order valence-corrected chi connectivity index (χ0v) is 77.0. The van der Waals surface area contributed by atoms with Gasteiger partial charge < -0.3 is 142 Å². The summed E-state index contributed by atoms with van der Waals surface area (Å²) in [6, 6.07) is -0.754. The molecule has 4 fully saturated rings. The molecule has 704 valence electrons. The molecule has 0 aromatic heterocycles. The molecule has 4 rings (SSSR count). The van der Waals surface area contributed by atoms with E-state index in [4.69, 9.17) is 18.9 Å². The quantitative estimate of drug-likeness (QED) is 0.0284. The molecule has 4 amide bonds.